The first-order chi connectivity index (χ1) is 8.42. The summed E-state index contributed by atoms with van der Waals surface area (Å²) in [5, 5.41) is 0.384. The number of hydrogen-bond acceptors (Lipinski definition) is 4. The molecule has 1 amide bonds. The number of amides is 1. The van der Waals surface area contributed by atoms with Gasteiger partial charge in [0.15, 0.2) is 0 Å². The average molecular weight is 271 g/mol. The zero-order chi connectivity index (χ0) is 13.7. The lowest BCUT2D eigenvalue weighted by atomic mass is 10.2. The molecule has 5 nitrogen and oxygen atoms in total. The first-order valence-corrected chi connectivity index (χ1v) is 6.36. The van der Waals surface area contributed by atoms with Crippen LogP contribution in [-0.4, -0.2) is 29.0 Å². The smallest absolute Gasteiger partial charge is 0.236 e. The van der Waals surface area contributed by atoms with Crippen molar-refractivity contribution in [1.82, 2.24) is 9.97 Å². The molecule has 18 heavy (non-hydrogen) atoms. The maximum Gasteiger partial charge on any atom is 0.236 e. The maximum atomic E-state index is 11.1. The fraction of sp³-hybridized carbons (Fsp3) is 0.583. The molecule has 0 fully saturated rings. The van der Waals surface area contributed by atoms with E-state index in [0.29, 0.717) is 35.7 Å². The lowest BCUT2D eigenvalue weighted by Gasteiger charge is -2.24. The molecule has 0 bridgehead atoms. The van der Waals surface area contributed by atoms with Crippen LogP contribution in [0.2, 0.25) is 5.15 Å². The van der Waals surface area contributed by atoms with E-state index < -0.39 is 0 Å². The summed E-state index contributed by atoms with van der Waals surface area (Å²) in [6.45, 7) is 6.92. The molecule has 1 heterocycles. The zero-order valence-electron chi connectivity index (χ0n) is 11.0. The number of hydrogen-bond donors (Lipinski definition) is 1. The van der Waals surface area contributed by atoms with Gasteiger partial charge in [-0.2, -0.15) is 0 Å². The molecule has 0 unspecified atom stereocenters. The topological polar surface area (TPSA) is 72.1 Å². The van der Waals surface area contributed by atoms with Gasteiger partial charge in [0.2, 0.25) is 5.91 Å². The highest BCUT2D eigenvalue weighted by Gasteiger charge is 2.14. The fourth-order valence-corrected chi connectivity index (χ4v) is 1.83. The van der Waals surface area contributed by atoms with Crippen molar-refractivity contribution in [3.05, 3.63) is 17.0 Å². The molecule has 0 aliphatic carbocycles. The fourth-order valence-electron chi connectivity index (χ4n) is 1.64. The van der Waals surface area contributed by atoms with Gasteiger partial charge in [-0.1, -0.05) is 32.4 Å². The SMILES string of the molecule is CCc1nc(Cl)cc(N(CC(N)=O)CC(C)C)n1. The second-order valence-corrected chi connectivity index (χ2v) is 4.95. The Morgan fingerprint density at radius 3 is 2.67 bits per heavy atom. The van der Waals surface area contributed by atoms with Gasteiger partial charge < -0.3 is 10.6 Å². The van der Waals surface area contributed by atoms with Crippen LogP contribution < -0.4 is 10.6 Å². The van der Waals surface area contributed by atoms with Crippen LogP contribution in [0.3, 0.4) is 0 Å². The van der Waals surface area contributed by atoms with Crippen LogP contribution in [-0.2, 0) is 11.2 Å². The number of anilines is 1. The summed E-state index contributed by atoms with van der Waals surface area (Å²) in [4.78, 5) is 21.4. The normalized spacial score (nSPS) is 10.7. The van der Waals surface area contributed by atoms with Crippen LogP contribution >= 0.6 is 11.6 Å². The third-order valence-corrected chi connectivity index (χ3v) is 2.49. The molecule has 0 saturated carbocycles. The molecule has 0 aliphatic heterocycles. The number of rotatable bonds is 6. The van der Waals surface area contributed by atoms with E-state index in [2.05, 4.69) is 23.8 Å². The predicted molar refractivity (Wildman–Crippen MR) is 72.7 cm³/mol. The van der Waals surface area contributed by atoms with E-state index in [9.17, 15) is 4.79 Å². The van der Waals surface area contributed by atoms with E-state index in [-0.39, 0.29) is 12.5 Å². The highest BCUT2D eigenvalue weighted by molar-refractivity contribution is 6.29. The van der Waals surface area contributed by atoms with Crippen LogP contribution in [0.5, 0.6) is 0 Å². The quantitative estimate of drug-likeness (QED) is 0.798. The third-order valence-electron chi connectivity index (χ3n) is 2.30. The molecule has 0 aliphatic rings. The van der Waals surface area contributed by atoms with Crippen LogP contribution in [0.1, 0.15) is 26.6 Å². The number of carbonyl (C=O) groups excluding carboxylic acids is 1. The largest absolute Gasteiger partial charge is 0.368 e. The number of primary amides is 1. The molecule has 0 saturated heterocycles. The van der Waals surface area contributed by atoms with E-state index in [1.165, 1.54) is 0 Å². The molecular formula is C12H19ClN4O. The highest BCUT2D eigenvalue weighted by Crippen LogP contribution is 2.17. The van der Waals surface area contributed by atoms with Crippen molar-refractivity contribution in [2.75, 3.05) is 18.0 Å². The molecule has 0 aromatic carbocycles. The first kappa shape index (κ1) is 14.7. The Balaban J connectivity index is 3.02. The number of halogens is 1. The van der Waals surface area contributed by atoms with Crippen LogP contribution in [0.4, 0.5) is 5.82 Å². The van der Waals surface area contributed by atoms with Crippen molar-refractivity contribution in [3.63, 3.8) is 0 Å². The van der Waals surface area contributed by atoms with Crippen LogP contribution in [0.25, 0.3) is 0 Å². The van der Waals surface area contributed by atoms with E-state index in [4.69, 9.17) is 17.3 Å². The Labute approximate surface area is 112 Å². The second-order valence-electron chi connectivity index (χ2n) is 4.56. The zero-order valence-corrected chi connectivity index (χ0v) is 11.7. The molecule has 1 aromatic heterocycles. The number of aryl methyl sites for hydroxylation is 1. The molecule has 1 rings (SSSR count). The van der Waals surface area contributed by atoms with Gasteiger partial charge in [-0.3, -0.25) is 4.79 Å². The molecule has 100 valence electrons. The summed E-state index contributed by atoms with van der Waals surface area (Å²) in [5.41, 5.74) is 5.26. The number of nitrogens with two attached hydrogens (primary N) is 1. The monoisotopic (exact) mass is 270 g/mol. The first-order valence-electron chi connectivity index (χ1n) is 5.99. The highest BCUT2D eigenvalue weighted by atomic mass is 35.5. The summed E-state index contributed by atoms with van der Waals surface area (Å²) < 4.78 is 0. The molecule has 0 atom stereocenters. The van der Waals surface area contributed by atoms with Gasteiger partial charge in [0.25, 0.3) is 0 Å². The summed E-state index contributed by atoms with van der Waals surface area (Å²) in [5.74, 6) is 1.32. The predicted octanol–water partition coefficient (Wildman–Crippen LogP) is 1.64. The minimum absolute atomic E-state index is 0.134. The third kappa shape index (κ3) is 4.49. The summed E-state index contributed by atoms with van der Waals surface area (Å²) in [7, 11) is 0. The van der Waals surface area contributed by atoms with Crippen LogP contribution in [0.15, 0.2) is 6.07 Å². The van der Waals surface area contributed by atoms with Crippen molar-refractivity contribution < 1.29 is 4.79 Å². The van der Waals surface area contributed by atoms with E-state index >= 15 is 0 Å². The van der Waals surface area contributed by atoms with Gasteiger partial charge in [0.1, 0.15) is 16.8 Å². The Morgan fingerprint density at radius 1 is 1.50 bits per heavy atom. The molecule has 0 spiro atoms. The van der Waals surface area contributed by atoms with Crippen molar-refractivity contribution >= 4 is 23.3 Å². The Bertz CT molecular complexity index is 423. The van der Waals surface area contributed by atoms with Crippen molar-refractivity contribution in [1.29, 1.82) is 0 Å². The Kier molecular flexibility index (Phi) is 5.34. The Hall–Kier alpha value is -1.36. The Morgan fingerprint density at radius 2 is 2.17 bits per heavy atom. The molecule has 1 aromatic rings. The molecule has 0 radical (unpaired) electrons. The molecular weight excluding hydrogens is 252 g/mol. The van der Waals surface area contributed by atoms with Crippen molar-refractivity contribution in [2.45, 2.75) is 27.2 Å². The number of carbonyl (C=O) groups is 1. The summed E-state index contributed by atoms with van der Waals surface area (Å²) >= 11 is 5.95. The van der Waals surface area contributed by atoms with Gasteiger partial charge in [0.05, 0.1) is 6.54 Å². The minimum Gasteiger partial charge on any atom is -0.368 e. The van der Waals surface area contributed by atoms with E-state index in [1.807, 2.05) is 11.8 Å². The van der Waals surface area contributed by atoms with Crippen molar-refractivity contribution in [2.24, 2.45) is 11.7 Å². The lowest BCUT2D eigenvalue weighted by molar-refractivity contribution is -0.116. The lowest BCUT2D eigenvalue weighted by Crippen LogP contribution is -2.37. The second kappa shape index (κ2) is 6.54. The molecule has 2 N–H and O–H groups in total. The molecule has 6 heteroatoms. The van der Waals surface area contributed by atoms with E-state index in [0.717, 1.165) is 0 Å². The standard InChI is InChI=1S/C12H19ClN4O/c1-4-11-15-9(13)5-12(16-11)17(6-8(2)3)7-10(14)18/h5,8H,4,6-7H2,1-3H3,(H2,14,18). The van der Waals surface area contributed by atoms with Crippen molar-refractivity contribution in [3.8, 4) is 0 Å². The maximum absolute atomic E-state index is 11.1. The number of aromatic nitrogens is 2. The van der Waals surface area contributed by atoms with Gasteiger partial charge in [-0.05, 0) is 5.92 Å². The van der Waals surface area contributed by atoms with E-state index in [1.54, 1.807) is 6.07 Å². The van der Waals surface area contributed by atoms with Gasteiger partial charge in [-0.25, -0.2) is 9.97 Å². The summed E-state index contributed by atoms with van der Waals surface area (Å²) in [6.07, 6.45) is 0.694. The number of nitrogens with zero attached hydrogens (tertiary/aromatic N) is 3. The average Bonchev–Trinajstić information content (AvgIpc) is 2.26. The van der Waals surface area contributed by atoms with Gasteiger partial charge >= 0.3 is 0 Å². The minimum atomic E-state index is -0.386. The van der Waals surface area contributed by atoms with Gasteiger partial charge in [0, 0.05) is 19.0 Å². The van der Waals surface area contributed by atoms with Gasteiger partial charge in [-0.15, -0.1) is 0 Å². The summed E-state index contributed by atoms with van der Waals surface area (Å²) in [6, 6.07) is 1.66. The van der Waals surface area contributed by atoms with Crippen LogP contribution in [0, 0.1) is 5.92 Å².